The monoisotopic (exact) mass is 262 g/mol. The maximum atomic E-state index is 4.60. The van der Waals surface area contributed by atoms with E-state index in [2.05, 4.69) is 35.4 Å². The van der Waals surface area contributed by atoms with Crippen LogP contribution in [0.2, 0.25) is 0 Å². The van der Waals surface area contributed by atoms with E-state index < -0.39 is 0 Å². The maximum Gasteiger partial charge on any atom is 0.0855 e. The summed E-state index contributed by atoms with van der Waals surface area (Å²) >= 11 is 0. The van der Waals surface area contributed by atoms with Gasteiger partial charge >= 0.3 is 0 Å². The Morgan fingerprint density at radius 1 is 1.47 bits per heavy atom. The van der Waals surface area contributed by atoms with Crippen LogP contribution in [0.3, 0.4) is 0 Å². The van der Waals surface area contributed by atoms with Crippen molar-refractivity contribution in [2.75, 3.05) is 24.5 Å². The smallest absolute Gasteiger partial charge is 0.0855 e. The number of anilines is 1. The molecule has 1 aromatic heterocycles. The number of nitrogens with one attached hydrogen (secondary N) is 1. The third kappa shape index (κ3) is 2.50. The van der Waals surface area contributed by atoms with Crippen LogP contribution in [0.5, 0.6) is 0 Å². The molecule has 1 aliphatic heterocycles. The third-order valence-electron chi connectivity index (χ3n) is 4.69. The number of nitrogens with zero attached hydrogens (tertiary/aromatic N) is 3. The summed E-state index contributed by atoms with van der Waals surface area (Å²) in [7, 11) is 2.03. The molecule has 1 aromatic rings. The van der Waals surface area contributed by atoms with Crippen LogP contribution in [0.15, 0.2) is 6.20 Å². The normalized spacial score (nSPS) is 28.5. The van der Waals surface area contributed by atoms with Crippen molar-refractivity contribution in [3.63, 3.8) is 0 Å². The summed E-state index contributed by atoms with van der Waals surface area (Å²) in [6.45, 7) is 8.02. The lowest BCUT2D eigenvalue weighted by Crippen LogP contribution is -2.51. The second-order valence-electron chi connectivity index (χ2n) is 6.38. The minimum Gasteiger partial charge on any atom is -0.367 e. The zero-order chi connectivity index (χ0) is 13.5. The standard InChI is InChI=1S/C15H26N4/c1-4-13-14(10-18(3)17-13)19-9-5-8-16-15(2,11-19)12-6-7-12/h10,12,16H,4-9,11H2,1-3H3. The number of aromatic nitrogens is 2. The molecule has 2 heterocycles. The van der Waals surface area contributed by atoms with Crippen LogP contribution in [0, 0.1) is 5.92 Å². The Labute approximate surface area is 116 Å². The molecule has 1 saturated heterocycles. The Bertz CT molecular complexity index is 449. The molecule has 0 radical (unpaired) electrons. The Morgan fingerprint density at radius 2 is 2.26 bits per heavy atom. The molecule has 1 N–H and O–H groups in total. The number of rotatable bonds is 3. The second kappa shape index (κ2) is 4.82. The fourth-order valence-corrected chi connectivity index (χ4v) is 3.41. The van der Waals surface area contributed by atoms with Crippen molar-refractivity contribution in [1.29, 1.82) is 0 Å². The third-order valence-corrected chi connectivity index (χ3v) is 4.69. The van der Waals surface area contributed by atoms with Crippen molar-refractivity contribution < 1.29 is 0 Å². The van der Waals surface area contributed by atoms with E-state index in [9.17, 15) is 0 Å². The van der Waals surface area contributed by atoms with E-state index in [-0.39, 0.29) is 5.54 Å². The first-order valence-corrected chi connectivity index (χ1v) is 7.65. The summed E-state index contributed by atoms with van der Waals surface area (Å²) in [6.07, 6.45) is 7.22. The van der Waals surface area contributed by atoms with Crippen molar-refractivity contribution in [3.05, 3.63) is 11.9 Å². The minimum atomic E-state index is 0.289. The van der Waals surface area contributed by atoms with Crippen LogP contribution >= 0.6 is 0 Å². The molecule has 1 atom stereocenters. The molecule has 0 amide bonds. The van der Waals surface area contributed by atoms with Gasteiger partial charge in [0.1, 0.15) is 0 Å². The maximum absolute atomic E-state index is 4.60. The Morgan fingerprint density at radius 3 is 2.95 bits per heavy atom. The topological polar surface area (TPSA) is 33.1 Å². The first-order chi connectivity index (χ1) is 9.12. The van der Waals surface area contributed by atoms with Gasteiger partial charge < -0.3 is 10.2 Å². The molecular weight excluding hydrogens is 236 g/mol. The predicted molar refractivity (Wildman–Crippen MR) is 78.5 cm³/mol. The van der Waals surface area contributed by atoms with Crippen molar-refractivity contribution in [1.82, 2.24) is 15.1 Å². The molecule has 3 rings (SSSR count). The van der Waals surface area contributed by atoms with Crippen molar-refractivity contribution in [2.45, 2.75) is 45.1 Å². The molecule has 19 heavy (non-hydrogen) atoms. The van der Waals surface area contributed by atoms with Crippen molar-refractivity contribution in [3.8, 4) is 0 Å². The minimum absolute atomic E-state index is 0.289. The lowest BCUT2D eigenvalue weighted by molar-refractivity contribution is 0.331. The largest absolute Gasteiger partial charge is 0.367 e. The van der Waals surface area contributed by atoms with E-state index in [1.165, 1.54) is 30.6 Å². The Kier molecular flexibility index (Phi) is 3.29. The van der Waals surface area contributed by atoms with Crippen molar-refractivity contribution >= 4 is 5.69 Å². The zero-order valence-corrected chi connectivity index (χ0v) is 12.4. The molecule has 2 aliphatic rings. The van der Waals surface area contributed by atoms with Gasteiger partial charge in [-0.2, -0.15) is 5.10 Å². The van der Waals surface area contributed by atoms with Crippen LogP contribution < -0.4 is 10.2 Å². The molecule has 0 aromatic carbocycles. The second-order valence-corrected chi connectivity index (χ2v) is 6.38. The summed E-state index contributed by atoms with van der Waals surface area (Å²) in [5.74, 6) is 0.870. The summed E-state index contributed by atoms with van der Waals surface area (Å²) in [6, 6.07) is 0. The van der Waals surface area contributed by atoms with Gasteiger partial charge in [-0.15, -0.1) is 0 Å². The van der Waals surface area contributed by atoms with Gasteiger partial charge in [-0.1, -0.05) is 6.92 Å². The van der Waals surface area contributed by atoms with Crippen LogP contribution in [0.4, 0.5) is 5.69 Å². The molecule has 4 heteroatoms. The molecule has 1 unspecified atom stereocenters. The lowest BCUT2D eigenvalue weighted by Gasteiger charge is -2.34. The van der Waals surface area contributed by atoms with E-state index in [1.807, 2.05) is 11.7 Å². The number of hydrogen-bond donors (Lipinski definition) is 1. The van der Waals surface area contributed by atoms with Gasteiger partial charge in [-0.25, -0.2) is 0 Å². The lowest BCUT2D eigenvalue weighted by atomic mass is 9.95. The number of hydrogen-bond acceptors (Lipinski definition) is 3. The molecule has 2 fully saturated rings. The predicted octanol–water partition coefficient (Wildman–Crippen LogP) is 1.95. The van der Waals surface area contributed by atoms with E-state index in [0.29, 0.717) is 0 Å². The summed E-state index contributed by atoms with van der Waals surface area (Å²) in [5.41, 5.74) is 2.88. The highest BCUT2D eigenvalue weighted by atomic mass is 15.3. The van der Waals surface area contributed by atoms with E-state index >= 15 is 0 Å². The van der Waals surface area contributed by atoms with E-state index in [4.69, 9.17) is 0 Å². The van der Waals surface area contributed by atoms with Gasteiger partial charge in [-0.05, 0) is 45.1 Å². The highest BCUT2D eigenvalue weighted by molar-refractivity contribution is 5.50. The first-order valence-electron chi connectivity index (χ1n) is 7.65. The van der Waals surface area contributed by atoms with Crippen molar-refractivity contribution in [2.24, 2.45) is 13.0 Å². The van der Waals surface area contributed by atoms with Gasteiger partial charge in [0.15, 0.2) is 0 Å². The fraction of sp³-hybridized carbons (Fsp3) is 0.800. The van der Waals surface area contributed by atoms with Gasteiger partial charge in [0.05, 0.1) is 11.4 Å². The number of aryl methyl sites for hydroxylation is 2. The average molecular weight is 262 g/mol. The van der Waals surface area contributed by atoms with Crippen LogP contribution in [0.25, 0.3) is 0 Å². The molecule has 1 saturated carbocycles. The quantitative estimate of drug-likeness (QED) is 0.904. The Hall–Kier alpha value is -1.03. The highest BCUT2D eigenvalue weighted by Gasteiger charge is 2.43. The average Bonchev–Trinajstić information content (AvgIpc) is 3.18. The Balaban J connectivity index is 1.85. The highest BCUT2D eigenvalue weighted by Crippen LogP contribution is 2.41. The van der Waals surface area contributed by atoms with E-state index in [1.54, 1.807) is 0 Å². The molecule has 4 nitrogen and oxygen atoms in total. The zero-order valence-electron chi connectivity index (χ0n) is 12.4. The molecular formula is C15H26N4. The fourth-order valence-electron chi connectivity index (χ4n) is 3.41. The van der Waals surface area contributed by atoms with Crippen LogP contribution in [0.1, 0.15) is 38.8 Å². The summed E-state index contributed by atoms with van der Waals surface area (Å²) in [5, 5.41) is 8.39. The molecule has 106 valence electrons. The van der Waals surface area contributed by atoms with E-state index in [0.717, 1.165) is 32.0 Å². The first kappa shape index (κ1) is 13.0. The summed E-state index contributed by atoms with van der Waals surface area (Å²) < 4.78 is 1.96. The van der Waals surface area contributed by atoms with Gasteiger partial charge in [-0.3, -0.25) is 4.68 Å². The summed E-state index contributed by atoms with van der Waals surface area (Å²) in [4.78, 5) is 2.56. The van der Waals surface area contributed by atoms with Crippen LogP contribution in [-0.2, 0) is 13.5 Å². The van der Waals surface area contributed by atoms with Gasteiger partial charge in [0.2, 0.25) is 0 Å². The SMILES string of the molecule is CCc1nn(C)cc1N1CCCNC(C)(C2CC2)C1. The van der Waals surface area contributed by atoms with Gasteiger partial charge in [0, 0.05) is 31.9 Å². The molecule has 1 aliphatic carbocycles. The molecule has 0 spiro atoms. The molecule has 0 bridgehead atoms. The van der Waals surface area contributed by atoms with Gasteiger partial charge in [0.25, 0.3) is 0 Å². The van der Waals surface area contributed by atoms with Crippen LogP contribution in [-0.4, -0.2) is 35.0 Å².